The van der Waals surface area contributed by atoms with Gasteiger partial charge in [-0.25, -0.2) is 0 Å². The zero-order valence-corrected chi connectivity index (χ0v) is 12.5. The lowest BCUT2D eigenvalue weighted by Crippen LogP contribution is -2.52. The van der Waals surface area contributed by atoms with Gasteiger partial charge in [0.2, 0.25) is 0 Å². The molecule has 0 aromatic heterocycles. The molecule has 1 heterocycles. The molecular formula is C15H22N2O3. The maximum atomic E-state index is 12.7. The first-order valence-corrected chi connectivity index (χ1v) is 6.82. The zero-order valence-electron chi connectivity index (χ0n) is 12.5. The highest BCUT2D eigenvalue weighted by molar-refractivity contribution is 5.96. The van der Waals surface area contributed by atoms with Crippen molar-refractivity contribution >= 4 is 5.91 Å². The van der Waals surface area contributed by atoms with Crippen molar-refractivity contribution in [2.24, 2.45) is 0 Å². The van der Waals surface area contributed by atoms with Gasteiger partial charge in [0.05, 0.1) is 14.2 Å². The third-order valence-electron chi connectivity index (χ3n) is 3.72. The van der Waals surface area contributed by atoms with Crippen molar-refractivity contribution in [1.29, 1.82) is 0 Å². The number of nitrogens with zero attached hydrogens (tertiary/aromatic N) is 1. The number of carbonyl (C=O) groups is 1. The van der Waals surface area contributed by atoms with E-state index in [2.05, 4.69) is 12.2 Å². The molecule has 0 saturated carbocycles. The Morgan fingerprint density at radius 1 is 1.30 bits per heavy atom. The molecule has 1 saturated heterocycles. The largest absolute Gasteiger partial charge is 0.493 e. The Morgan fingerprint density at radius 3 is 2.55 bits per heavy atom. The summed E-state index contributed by atoms with van der Waals surface area (Å²) in [5.74, 6) is 1.29. The topological polar surface area (TPSA) is 50.8 Å². The first-order chi connectivity index (χ1) is 9.58. The van der Waals surface area contributed by atoms with E-state index in [9.17, 15) is 4.79 Å². The van der Waals surface area contributed by atoms with Gasteiger partial charge in [0.15, 0.2) is 11.5 Å². The number of hydrogen-bond acceptors (Lipinski definition) is 4. The molecule has 0 spiro atoms. The average molecular weight is 278 g/mol. The predicted molar refractivity (Wildman–Crippen MR) is 77.7 cm³/mol. The molecule has 1 aromatic carbocycles. The molecule has 2 rings (SSSR count). The summed E-state index contributed by atoms with van der Waals surface area (Å²) in [7, 11) is 3.17. The van der Waals surface area contributed by atoms with Gasteiger partial charge in [-0.3, -0.25) is 4.79 Å². The number of hydrogen-bond donors (Lipinski definition) is 1. The van der Waals surface area contributed by atoms with Crippen LogP contribution in [0.1, 0.15) is 22.8 Å². The van der Waals surface area contributed by atoms with Crippen LogP contribution >= 0.6 is 0 Å². The van der Waals surface area contributed by atoms with Gasteiger partial charge in [-0.1, -0.05) is 0 Å². The Kier molecular flexibility index (Phi) is 4.49. The van der Waals surface area contributed by atoms with Gasteiger partial charge in [0.1, 0.15) is 0 Å². The van der Waals surface area contributed by atoms with Crippen LogP contribution in [0.15, 0.2) is 12.1 Å². The molecule has 0 aliphatic carbocycles. The third-order valence-corrected chi connectivity index (χ3v) is 3.72. The fraction of sp³-hybridized carbons (Fsp3) is 0.533. The second kappa shape index (κ2) is 6.13. The van der Waals surface area contributed by atoms with E-state index in [-0.39, 0.29) is 11.9 Å². The van der Waals surface area contributed by atoms with E-state index >= 15 is 0 Å². The van der Waals surface area contributed by atoms with Crippen molar-refractivity contribution in [1.82, 2.24) is 10.2 Å². The highest BCUT2D eigenvalue weighted by Crippen LogP contribution is 2.31. The van der Waals surface area contributed by atoms with E-state index in [1.54, 1.807) is 20.3 Å². The lowest BCUT2D eigenvalue weighted by atomic mass is 10.0. The number of amides is 1. The fourth-order valence-electron chi connectivity index (χ4n) is 2.51. The first-order valence-electron chi connectivity index (χ1n) is 6.82. The summed E-state index contributed by atoms with van der Waals surface area (Å²) >= 11 is 0. The van der Waals surface area contributed by atoms with E-state index < -0.39 is 0 Å². The molecule has 5 nitrogen and oxygen atoms in total. The minimum atomic E-state index is 0.0532. The highest BCUT2D eigenvalue weighted by atomic mass is 16.5. The van der Waals surface area contributed by atoms with Crippen molar-refractivity contribution in [3.63, 3.8) is 0 Å². The molecule has 0 radical (unpaired) electrons. The van der Waals surface area contributed by atoms with Gasteiger partial charge in [-0.05, 0) is 31.5 Å². The van der Waals surface area contributed by atoms with Crippen molar-refractivity contribution in [2.75, 3.05) is 33.9 Å². The highest BCUT2D eigenvalue weighted by Gasteiger charge is 2.26. The van der Waals surface area contributed by atoms with Crippen LogP contribution in [-0.2, 0) is 0 Å². The maximum Gasteiger partial charge on any atom is 0.254 e. The van der Waals surface area contributed by atoms with Crippen molar-refractivity contribution in [3.8, 4) is 11.5 Å². The molecule has 1 N–H and O–H groups in total. The predicted octanol–water partition coefficient (Wildman–Crippen LogP) is 1.45. The molecule has 1 fully saturated rings. The van der Waals surface area contributed by atoms with Crippen molar-refractivity contribution in [3.05, 3.63) is 23.3 Å². The minimum Gasteiger partial charge on any atom is -0.493 e. The number of benzene rings is 1. The van der Waals surface area contributed by atoms with Gasteiger partial charge in [-0.2, -0.15) is 0 Å². The summed E-state index contributed by atoms with van der Waals surface area (Å²) in [4.78, 5) is 14.6. The van der Waals surface area contributed by atoms with Crippen LogP contribution in [-0.4, -0.2) is 50.7 Å². The van der Waals surface area contributed by atoms with Gasteiger partial charge in [0.25, 0.3) is 5.91 Å². The second-order valence-electron chi connectivity index (χ2n) is 5.07. The molecule has 1 amide bonds. The van der Waals surface area contributed by atoms with Gasteiger partial charge in [0, 0.05) is 31.2 Å². The quantitative estimate of drug-likeness (QED) is 0.909. The van der Waals surface area contributed by atoms with E-state index in [1.807, 2.05) is 17.9 Å². The Labute approximate surface area is 119 Å². The van der Waals surface area contributed by atoms with Crippen LogP contribution < -0.4 is 14.8 Å². The van der Waals surface area contributed by atoms with Gasteiger partial charge < -0.3 is 19.7 Å². The number of nitrogens with one attached hydrogen (secondary N) is 1. The molecule has 1 aliphatic heterocycles. The summed E-state index contributed by atoms with van der Waals surface area (Å²) in [6, 6.07) is 3.81. The van der Waals surface area contributed by atoms with Crippen LogP contribution in [0.4, 0.5) is 0 Å². The van der Waals surface area contributed by atoms with Gasteiger partial charge >= 0.3 is 0 Å². The number of piperazine rings is 1. The van der Waals surface area contributed by atoms with Gasteiger partial charge in [-0.15, -0.1) is 0 Å². The fourth-order valence-corrected chi connectivity index (χ4v) is 2.51. The number of rotatable bonds is 3. The average Bonchev–Trinajstić information content (AvgIpc) is 2.46. The summed E-state index contributed by atoms with van der Waals surface area (Å²) in [6.45, 7) is 6.37. The zero-order chi connectivity index (χ0) is 14.7. The molecule has 1 aromatic rings. The smallest absolute Gasteiger partial charge is 0.254 e. The summed E-state index contributed by atoms with van der Waals surface area (Å²) in [5, 5.41) is 3.29. The molecule has 0 bridgehead atoms. The minimum absolute atomic E-state index is 0.0532. The molecule has 5 heteroatoms. The Morgan fingerprint density at radius 2 is 1.95 bits per heavy atom. The maximum absolute atomic E-state index is 12.7. The Hall–Kier alpha value is -1.75. The molecule has 1 aliphatic rings. The summed E-state index contributed by atoms with van der Waals surface area (Å²) in [6.07, 6.45) is 0. The first kappa shape index (κ1) is 14.7. The van der Waals surface area contributed by atoms with Crippen LogP contribution in [0.3, 0.4) is 0 Å². The van der Waals surface area contributed by atoms with Crippen LogP contribution in [0, 0.1) is 6.92 Å². The van der Waals surface area contributed by atoms with E-state index in [0.29, 0.717) is 17.1 Å². The van der Waals surface area contributed by atoms with Crippen molar-refractivity contribution in [2.45, 2.75) is 19.9 Å². The number of aryl methyl sites for hydroxylation is 1. The standard InChI is InChI=1S/C15H22N2O3/c1-10-7-13(19-3)14(20-4)8-12(10)15(18)17-6-5-16-9-11(17)2/h7-8,11,16H,5-6,9H2,1-4H3/t11-/m0/s1. The van der Waals surface area contributed by atoms with Crippen LogP contribution in [0.5, 0.6) is 11.5 Å². The number of methoxy groups -OCH3 is 2. The molecule has 0 unspecified atom stereocenters. The number of ether oxygens (including phenoxy) is 2. The third kappa shape index (κ3) is 2.72. The Bertz CT molecular complexity index is 502. The SMILES string of the molecule is COc1cc(C)c(C(=O)N2CCNC[C@@H]2C)cc1OC. The van der Waals surface area contributed by atoms with E-state index in [1.165, 1.54) is 0 Å². The van der Waals surface area contributed by atoms with E-state index in [4.69, 9.17) is 9.47 Å². The van der Waals surface area contributed by atoms with Crippen LogP contribution in [0.25, 0.3) is 0 Å². The summed E-state index contributed by atoms with van der Waals surface area (Å²) in [5.41, 5.74) is 1.58. The van der Waals surface area contributed by atoms with E-state index in [0.717, 1.165) is 25.2 Å². The normalized spacial score (nSPS) is 18.8. The molecular weight excluding hydrogens is 256 g/mol. The number of carbonyl (C=O) groups excluding carboxylic acids is 1. The molecule has 110 valence electrons. The van der Waals surface area contributed by atoms with Crippen LogP contribution in [0.2, 0.25) is 0 Å². The molecule has 1 atom stereocenters. The molecule has 20 heavy (non-hydrogen) atoms. The van der Waals surface area contributed by atoms with Crippen molar-refractivity contribution < 1.29 is 14.3 Å². The lowest BCUT2D eigenvalue weighted by Gasteiger charge is -2.34. The Balaban J connectivity index is 2.34. The second-order valence-corrected chi connectivity index (χ2v) is 5.07. The monoisotopic (exact) mass is 278 g/mol. The summed E-state index contributed by atoms with van der Waals surface area (Å²) < 4.78 is 10.5. The lowest BCUT2D eigenvalue weighted by molar-refractivity contribution is 0.0654.